The molecule has 29 heteroatoms. The smallest absolute Gasteiger partial charge is 0.329 e. The standard InChI is InChI=1S/C71H127N13O16/c1-26-44(14)57-69(96)82(22)59(43(12)13)70(97)80(20)47(17)62(89)72-32-29-52(85)74-50(36-40(6)7)66(93)84(24)61(46(16)28-3)71(98)100-48(18)58(78-63(90)51(37-41(8)9)81(21)68(95)56(42(10)11)77-55(88)38-99-25)67(94)79(19)34-31-54(87)75-49(35-39(4)5)65(92)83(23)60(45(15)27-2)64(91)73-33-30-53(86)76-57/h39-51,56-61H,26-38H2,1-25H3,(H,72,89)(H,73,91)(H,74,85)(H,75,87)(H,76,86)(H,77,88)(H,78,90)/t44?,45?,46?,47-,48+,49+,50+,51+,56-,57+,58-,59-,60-,61+/m0/s1. The first-order valence-corrected chi connectivity index (χ1v) is 35.8. The predicted molar refractivity (Wildman–Crippen MR) is 379 cm³/mol. The minimum Gasteiger partial charge on any atom is -0.458 e. The van der Waals surface area contributed by atoms with Gasteiger partial charge in [-0.2, -0.15) is 0 Å². The molecule has 0 bridgehead atoms. The number of ether oxygens (including phenoxy) is 2. The molecule has 0 aromatic heterocycles. The second-order valence-corrected chi connectivity index (χ2v) is 29.3. The summed E-state index contributed by atoms with van der Waals surface area (Å²) in [6.07, 6.45) is -0.949. The monoisotopic (exact) mass is 1420 g/mol. The third kappa shape index (κ3) is 27.5. The molecule has 13 amide bonds. The SMILES string of the molecule is CCC(C)[C@H]1C(=O)NCCC(=O)N[C@H](C(C)CC)C(=O)N(C)[C@@H](C(C)C)C(=O)N(C)[C@@H](C)C(=O)NCCC(=O)N[C@H](CC(C)C)C(=O)N(C)[C@H](C(C)CC)C(=O)O[C@H](C)[C@H](NC(=O)[C@@H](CC(C)C)N(C)C(=O)[C@@H](NC(=O)COC)C(C)C)C(=O)N(C)CCC(=O)N[C@H](CC(C)C)C(=O)N1C. The van der Waals surface area contributed by atoms with E-state index < -0.39 is 185 Å². The van der Waals surface area contributed by atoms with E-state index in [0.29, 0.717) is 19.3 Å². The van der Waals surface area contributed by atoms with Crippen LogP contribution in [0.2, 0.25) is 0 Å². The van der Waals surface area contributed by atoms with E-state index in [9.17, 15) is 62.3 Å². The van der Waals surface area contributed by atoms with Crippen molar-refractivity contribution in [2.24, 2.45) is 47.3 Å². The predicted octanol–water partition coefficient (Wildman–Crippen LogP) is 2.61. The molecule has 0 aromatic rings. The van der Waals surface area contributed by atoms with Crippen molar-refractivity contribution in [3.8, 4) is 0 Å². The Hall–Kier alpha value is -7.46. The summed E-state index contributed by atoms with van der Waals surface area (Å²) in [6.45, 7) is 30.5. The lowest BCUT2D eigenvalue weighted by Gasteiger charge is -2.37. The number of cyclic esters (lactones) is 1. The highest BCUT2D eigenvalue weighted by atomic mass is 16.5. The molecule has 572 valence electrons. The van der Waals surface area contributed by atoms with Gasteiger partial charge in [0, 0.05) is 88.3 Å². The normalized spacial score (nSPS) is 24.8. The molecule has 0 aromatic carbocycles. The van der Waals surface area contributed by atoms with Gasteiger partial charge in [0.2, 0.25) is 76.8 Å². The van der Waals surface area contributed by atoms with Crippen molar-refractivity contribution < 1.29 is 76.6 Å². The van der Waals surface area contributed by atoms with Crippen LogP contribution < -0.4 is 37.2 Å². The van der Waals surface area contributed by atoms with Gasteiger partial charge in [0.15, 0.2) is 0 Å². The van der Waals surface area contributed by atoms with E-state index in [2.05, 4.69) is 37.2 Å². The Kier molecular flexibility index (Phi) is 39.3. The van der Waals surface area contributed by atoms with Crippen LogP contribution in [-0.4, -0.2) is 254 Å². The van der Waals surface area contributed by atoms with E-state index >= 15 is 4.79 Å². The lowest BCUT2D eigenvalue weighted by molar-refractivity contribution is -0.164. The number of carbonyl (C=O) groups is 14. The van der Waals surface area contributed by atoms with Gasteiger partial charge >= 0.3 is 5.97 Å². The summed E-state index contributed by atoms with van der Waals surface area (Å²) in [5, 5.41) is 19.3. The van der Waals surface area contributed by atoms with E-state index in [1.807, 2.05) is 55.4 Å². The molecule has 1 aliphatic rings. The van der Waals surface area contributed by atoms with Gasteiger partial charge < -0.3 is 76.1 Å². The van der Waals surface area contributed by atoms with Gasteiger partial charge in [-0.15, -0.1) is 0 Å². The number of likely N-dealkylation sites (N-methyl/N-ethyl adjacent to an activating group) is 6. The molecule has 1 aliphatic heterocycles. The number of hydrogen-bond acceptors (Lipinski definition) is 16. The van der Waals surface area contributed by atoms with E-state index in [4.69, 9.17) is 9.47 Å². The molecule has 0 radical (unpaired) electrons. The maximum Gasteiger partial charge on any atom is 0.329 e. The molecule has 14 atom stereocenters. The third-order valence-corrected chi connectivity index (χ3v) is 18.9. The van der Waals surface area contributed by atoms with Crippen molar-refractivity contribution in [3.63, 3.8) is 0 Å². The topological polar surface area (TPSA) is 361 Å². The number of hydrogen-bond donors (Lipinski definition) is 7. The molecule has 0 aliphatic carbocycles. The van der Waals surface area contributed by atoms with Crippen LogP contribution in [0.1, 0.15) is 182 Å². The van der Waals surface area contributed by atoms with Crippen LogP contribution >= 0.6 is 0 Å². The second kappa shape index (κ2) is 43.4. The van der Waals surface area contributed by atoms with Crippen LogP contribution in [0.25, 0.3) is 0 Å². The first-order valence-electron chi connectivity index (χ1n) is 35.8. The zero-order valence-corrected chi connectivity index (χ0v) is 64.9. The molecule has 0 saturated carbocycles. The average molecular weight is 1420 g/mol. The number of amides is 13. The summed E-state index contributed by atoms with van der Waals surface area (Å²) < 4.78 is 11.1. The van der Waals surface area contributed by atoms with Gasteiger partial charge in [-0.1, -0.05) is 130 Å². The van der Waals surface area contributed by atoms with E-state index in [0.717, 1.165) is 4.90 Å². The average Bonchev–Trinajstić information content (AvgIpc) is 0.830. The van der Waals surface area contributed by atoms with Crippen LogP contribution in [0.15, 0.2) is 0 Å². The van der Waals surface area contributed by atoms with E-state index in [1.54, 1.807) is 55.4 Å². The van der Waals surface area contributed by atoms with Crippen LogP contribution in [0, 0.1) is 47.3 Å². The fourth-order valence-corrected chi connectivity index (χ4v) is 12.0. The zero-order valence-electron chi connectivity index (χ0n) is 64.9. The second-order valence-electron chi connectivity index (χ2n) is 29.3. The van der Waals surface area contributed by atoms with E-state index in [-0.39, 0.29) is 76.1 Å². The lowest BCUT2D eigenvalue weighted by atomic mass is 9.94. The highest BCUT2D eigenvalue weighted by Crippen LogP contribution is 2.24. The summed E-state index contributed by atoms with van der Waals surface area (Å²) >= 11 is 0. The van der Waals surface area contributed by atoms with Gasteiger partial charge in [0.25, 0.3) is 0 Å². The fourth-order valence-electron chi connectivity index (χ4n) is 12.0. The quantitative estimate of drug-likeness (QED) is 0.0812. The maximum atomic E-state index is 15.1. The molecule has 1 fully saturated rings. The number of rotatable bonds is 21. The number of esters is 1. The first-order chi connectivity index (χ1) is 46.5. The van der Waals surface area contributed by atoms with Gasteiger partial charge in [-0.3, -0.25) is 62.3 Å². The summed E-state index contributed by atoms with van der Waals surface area (Å²) in [7, 11) is 9.79. The van der Waals surface area contributed by atoms with Crippen molar-refractivity contribution in [1.82, 2.24) is 66.6 Å². The molecule has 7 N–H and O–H groups in total. The third-order valence-electron chi connectivity index (χ3n) is 18.9. The molecular weight excluding hydrogens is 1290 g/mol. The summed E-state index contributed by atoms with van der Waals surface area (Å²) in [6, 6.07) is -12.2. The zero-order chi connectivity index (χ0) is 77.1. The summed E-state index contributed by atoms with van der Waals surface area (Å²) in [4.78, 5) is 207. The van der Waals surface area contributed by atoms with Gasteiger partial charge in [0.1, 0.15) is 73.1 Å². The molecule has 0 spiro atoms. The number of carbonyl (C=O) groups excluding carboxylic acids is 14. The van der Waals surface area contributed by atoms with E-state index in [1.165, 1.54) is 87.7 Å². The fraction of sp³-hybridized carbons (Fsp3) is 0.803. The largest absolute Gasteiger partial charge is 0.458 e. The van der Waals surface area contributed by atoms with Crippen molar-refractivity contribution >= 4 is 82.8 Å². The maximum absolute atomic E-state index is 15.1. The molecule has 3 unspecified atom stereocenters. The Bertz CT molecular complexity index is 2760. The molecule has 1 rings (SSSR count). The Morgan fingerprint density at radius 3 is 1.49 bits per heavy atom. The van der Waals surface area contributed by atoms with Gasteiger partial charge in [-0.05, 0) is 80.5 Å². The van der Waals surface area contributed by atoms with Crippen LogP contribution in [-0.2, 0) is 76.6 Å². The van der Waals surface area contributed by atoms with Crippen molar-refractivity contribution in [3.05, 3.63) is 0 Å². The Labute approximate surface area is 595 Å². The highest BCUT2D eigenvalue weighted by Gasteiger charge is 2.44. The number of nitrogens with zero attached hydrogens (tertiary/aromatic N) is 6. The summed E-state index contributed by atoms with van der Waals surface area (Å²) in [5.74, 6) is -12.3. The molecular formula is C71H127N13O16. The molecule has 100 heavy (non-hydrogen) atoms. The first kappa shape index (κ1) is 90.6. The van der Waals surface area contributed by atoms with Crippen molar-refractivity contribution in [1.29, 1.82) is 0 Å². The highest BCUT2D eigenvalue weighted by molar-refractivity contribution is 5.98. The minimum atomic E-state index is -1.71. The van der Waals surface area contributed by atoms with Crippen LogP contribution in [0.5, 0.6) is 0 Å². The van der Waals surface area contributed by atoms with Gasteiger partial charge in [0.05, 0.1) is 0 Å². The van der Waals surface area contributed by atoms with Gasteiger partial charge in [-0.25, -0.2) is 4.79 Å². The summed E-state index contributed by atoms with van der Waals surface area (Å²) in [5.41, 5.74) is 0. The lowest BCUT2D eigenvalue weighted by Crippen LogP contribution is -2.61. The molecule has 1 heterocycles. The van der Waals surface area contributed by atoms with Crippen molar-refractivity contribution in [2.45, 2.75) is 249 Å². The van der Waals surface area contributed by atoms with Crippen molar-refractivity contribution in [2.75, 3.05) is 75.6 Å². The molecule has 29 nitrogen and oxygen atoms in total. The number of methoxy groups -OCH3 is 1. The minimum absolute atomic E-state index is 0.0632. The van der Waals surface area contributed by atoms with Crippen LogP contribution in [0.4, 0.5) is 0 Å². The Balaban J connectivity index is 4.23. The van der Waals surface area contributed by atoms with Crippen LogP contribution in [0.3, 0.4) is 0 Å². The number of nitrogens with one attached hydrogen (secondary N) is 7. The Morgan fingerprint density at radius 2 is 1.03 bits per heavy atom. The molecule has 1 saturated heterocycles. The Morgan fingerprint density at radius 1 is 0.570 bits per heavy atom.